The number of aromatic nitrogens is 4. The van der Waals surface area contributed by atoms with Gasteiger partial charge in [-0.15, -0.1) is 0 Å². The first-order valence-electron chi connectivity index (χ1n) is 18.0. The van der Waals surface area contributed by atoms with Crippen LogP contribution in [0.1, 0.15) is 34.3 Å². The van der Waals surface area contributed by atoms with Crippen molar-refractivity contribution >= 4 is 39.4 Å². The Balaban J connectivity index is 1.23. The zero-order valence-electron chi connectivity index (χ0n) is 30.5. The second-order valence-corrected chi connectivity index (χ2v) is 13.9. The molecule has 56 heavy (non-hydrogen) atoms. The second kappa shape index (κ2) is 15.8. The Kier molecular flexibility index (Phi) is 10.9. The number of rotatable bonds is 9. The van der Waals surface area contributed by atoms with Crippen molar-refractivity contribution in [3.05, 3.63) is 104 Å². The number of hydrogen-bond donors (Lipinski definition) is 1. The lowest BCUT2D eigenvalue weighted by atomic mass is 9.98. The molecule has 2 aliphatic rings. The van der Waals surface area contributed by atoms with Crippen molar-refractivity contribution in [2.24, 2.45) is 13.0 Å². The highest BCUT2D eigenvalue weighted by atomic mass is 19.4. The van der Waals surface area contributed by atoms with Gasteiger partial charge in [0.1, 0.15) is 17.9 Å². The van der Waals surface area contributed by atoms with E-state index in [1.807, 2.05) is 0 Å². The van der Waals surface area contributed by atoms with E-state index in [4.69, 9.17) is 14.2 Å². The van der Waals surface area contributed by atoms with Crippen molar-refractivity contribution in [2.45, 2.75) is 44.4 Å². The van der Waals surface area contributed by atoms with Crippen molar-refractivity contribution < 1.29 is 41.4 Å². The number of benzene rings is 2. The van der Waals surface area contributed by atoms with Crippen LogP contribution >= 0.6 is 0 Å². The van der Waals surface area contributed by atoms with Crippen LogP contribution in [0.15, 0.2) is 70.6 Å². The molecule has 0 unspecified atom stereocenters. The molecule has 1 amide bonds. The number of fused-ring (bicyclic) bond motifs is 2. The summed E-state index contributed by atoms with van der Waals surface area (Å²) in [5.74, 6) is -2.94. The van der Waals surface area contributed by atoms with E-state index in [1.54, 1.807) is 18.2 Å². The van der Waals surface area contributed by atoms with Crippen LogP contribution in [0.25, 0.3) is 27.5 Å². The molecule has 3 aromatic heterocycles. The summed E-state index contributed by atoms with van der Waals surface area (Å²) in [6.45, 7) is 1.64. The normalized spacial score (nSPS) is 18.2. The molecule has 2 saturated heterocycles. The summed E-state index contributed by atoms with van der Waals surface area (Å²) in [6, 6.07) is 6.74. The summed E-state index contributed by atoms with van der Waals surface area (Å²) in [5, 5.41) is 3.32. The van der Waals surface area contributed by atoms with E-state index in [1.165, 1.54) is 55.3 Å². The van der Waals surface area contributed by atoms with Crippen LogP contribution in [0.4, 0.5) is 23.2 Å². The minimum absolute atomic E-state index is 0.00477. The van der Waals surface area contributed by atoms with E-state index < -0.39 is 59.4 Å². The van der Waals surface area contributed by atoms with Crippen molar-refractivity contribution in [3.63, 3.8) is 0 Å². The average Bonchev–Trinajstić information content (AvgIpc) is 3.19. The van der Waals surface area contributed by atoms with E-state index in [2.05, 4.69) is 15.3 Å². The third kappa shape index (κ3) is 7.60. The maximum Gasteiger partial charge on any atom is 0.411 e. The summed E-state index contributed by atoms with van der Waals surface area (Å²) < 4.78 is 75.8. The predicted octanol–water partition coefficient (Wildman–Crippen LogP) is 4.16. The average molecular weight is 779 g/mol. The number of carbonyl (C=O) groups excluding carboxylic acids is 2. The minimum atomic E-state index is -4.64. The fraction of sp³-hybridized carbons (Fsp3) is 0.385. The number of nitrogens with zero attached hydrogens (tertiary/aromatic N) is 5. The molecule has 1 N–H and O–H groups in total. The van der Waals surface area contributed by atoms with Gasteiger partial charge in [0.05, 0.1) is 60.3 Å². The van der Waals surface area contributed by atoms with Gasteiger partial charge >= 0.3 is 17.8 Å². The van der Waals surface area contributed by atoms with Gasteiger partial charge in [-0.2, -0.15) is 13.2 Å². The number of esters is 1. The van der Waals surface area contributed by atoms with Gasteiger partial charge in [-0.05, 0) is 61.2 Å². The highest BCUT2D eigenvalue weighted by Gasteiger charge is 2.45. The highest BCUT2D eigenvalue weighted by molar-refractivity contribution is 5.99. The molecule has 0 spiro atoms. The number of nitrogens with one attached hydrogen (secondary N) is 1. The monoisotopic (exact) mass is 778 g/mol. The lowest BCUT2D eigenvalue weighted by molar-refractivity contribution is -0.167. The van der Waals surface area contributed by atoms with Gasteiger partial charge in [0.25, 0.3) is 11.5 Å². The van der Waals surface area contributed by atoms with E-state index >= 15 is 4.39 Å². The van der Waals surface area contributed by atoms with Gasteiger partial charge < -0.3 is 24.4 Å². The van der Waals surface area contributed by atoms with Crippen LogP contribution in [0.5, 0.6) is 0 Å². The molecular weight excluding hydrogens is 740 g/mol. The van der Waals surface area contributed by atoms with Crippen molar-refractivity contribution in [3.8, 4) is 5.69 Å². The Hall–Kier alpha value is -5.68. The SMILES string of the molecule is Cc1cc(N2CCOC[C@@H]2C(F)(F)F)cc(F)c1C(=O)N[C@@H](Cc1ccc(-n2c(=O)c3ccncc3n(C)c2=O)c2ncccc12)C(=O)OC[C@@H]1CCCOC1. The molecule has 0 bridgehead atoms. The summed E-state index contributed by atoms with van der Waals surface area (Å²) in [4.78, 5) is 64.4. The number of morpholine rings is 1. The van der Waals surface area contributed by atoms with Crippen molar-refractivity contribution in [1.29, 1.82) is 0 Å². The van der Waals surface area contributed by atoms with Gasteiger partial charge in [-0.25, -0.2) is 18.5 Å². The first-order chi connectivity index (χ1) is 26.8. The number of pyridine rings is 2. The molecule has 2 aliphatic heterocycles. The van der Waals surface area contributed by atoms with Gasteiger partial charge in [-0.1, -0.05) is 12.1 Å². The Bertz CT molecular complexity index is 2410. The molecule has 294 valence electrons. The lowest BCUT2D eigenvalue weighted by Gasteiger charge is -2.38. The van der Waals surface area contributed by atoms with Gasteiger partial charge in [0.15, 0.2) is 0 Å². The topological polar surface area (TPSA) is 147 Å². The van der Waals surface area contributed by atoms with E-state index in [0.717, 1.165) is 28.4 Å². The molecule has 2 fully saturated rings. The van der Waals surface area contributed by atoms with Crippen LogP contribution in [0, 0.1) is 18.7 Å². The first kappa shape index (κ1) is 38.6. The van der Waals surface area contributed by atoms with E-state index in [9.17, 15) is 32.3 Å². The smallest absolute Gasteiger partial charge is 0.411 e. The number of halogens is 4. The maximum atomic E-state index is 15.8. The summed E-state index contributed by atoms with van der Waals surface area (Å²) in [6.07, 6.45) is 1.09. The second-order valence-electron chi connectivity index (χ2n) is 13.9. The lowest BCUT2D eigenvalue weighted by Crippen LogP contribution is -2.53. The van der Waals surface area contributed by atoms with Crippen molar-refractivity contribution in [2.75, 3.05) is 44.5 Å². The molecular formula is C39H38F4N6O7. The fourth-order valence-corrected chi connectivity index (χ4v) is 7.33. The largest absolute Gasteiger partial charge is 0.464 e. The number of aryl methyl sites for hydroxylation is 2. The summed E-state index contributed by atoms with van der Waals surface area (Å²) in [7, 11) is 1.52. The zero-order chi connectivity index (χ0) is 39.7. The van der Waals surface area contributed by atoms with Crippen LogP contribution in [-0.2, 0) is 32.5 Å². The van der Waals surface area contributed by atoms with Gasteiger partial charge in [-0.3, -0.25) is 24.1 Å². The highest BCUT2D eigenvalue weighted by Crippen LogP contribution is 2.33. The fourth-order valence-electron chi connectivity index (χ4n) is 7.33. The quantitative estimate of drug-likeness (QED) is 0.171. The van der Waals surface area contributed by atoms with Crippen LogP contribution in [-0.4, -0.2) is 88.8 Å². The summed E-state index contributed by atoms with van der Waals surface area (Å²) >= 11 is 0. The molecule has 5 aromatic rings. The molecule has 7 rings (SSSR count). The first-order valence-corrected chi connectivity index (χ1v) is 18.0. The standard InChI is InChI=1S/C39H38F4N6O7/c1-22-15-25(48-12-14-55-21-32(48)39(41,42)43)17-28(40)33(22)35(50)46-29(37(52)56-20-23-5-4-13-54-19-23)16-24-7-8-30(34-26(24)6-3-10-45-34)49-36(51)27-9-11-44-18-31(27)47(2)38(49)53/h3,6-11,15,17-18,23,29,32H,4-5,12-14,16,19-21H2,1-2H3,(H,46,50)/t23-,29+,32-/m1/s1. The zero-order valence-corrected chi connectivity index (χ0v) is 30.5. The van der Waals surface area contributed by atoms with Gasteiger partial charge in [0.2, 0.25) is 0 Å². The number of ether oxygens (including phenoxy) is 3. The van der Waals surface area contributed by atoms with E-state index in [-0.39, 0.29) is 59.9 Å². The summed E-state index contributed by atoms with van der Waals surface area (Å²) in [5.41, 5.74) is -0.429. The minimum Gasteiger partial charge on any atom is -0.464 e. The molecule has 5 heterocycles. The Morgan fingerprint density at radius 1 is 1.05 bits per heavy atom. The van der Waals surface area contributed by atoms with Crippen LogP contribution in [0.3, 0.4) is 0 Å². The third-order valence-corrected chi connectivity index (χ3v) is 10.2. The molecule has 0 saturated carbocycles. The Morgan fingerprint density at radius 2 is 1.86 bits per heavy atom. The third-order valence-electron chi connectivity index (χ3n) is 10.2. The molecule has 13 nitrogen and oxygen atoms in total. The Labute approximate surface area is 316 Å². The number of carbonyl (C=O) groups is 2. The molecule has 0 aliphatic carbocycles. The Morgan fingerprint density at radius 3 is 2.61 bits per heavy atom. The van der Waals surface area contributed by atoms with Gasteiger partial charge in [0, 0.05) is 56.0 Å². The molecule has 3 atom stereocenters. The molecule has 0 radical (unpaired) electrons. The molecule has 2 aromatic carbocycles. The maximum absolute atomic E-state index is 15.8. The number of anilines is 1. The number of hydrogen-bond acceptors (Lipinski definition) is 10. The van der Waals surface area contributed by atoms with Crippen LogP contribution in [0.2, 0.25) is 0 Å². The number of alkyl halides is 3. The van der Waals surface area contributed by atoms with Crippen molar-refractivity contribution in [1.82, 2.24) is 24.4 Å². The van der Waals surface area contributed by atoms with Crippen LogP contribution < -0.4 is 21.5 Å². The predicted molar refractivity (Wildman–Crippen MR) is 196 cm³/mol. The number of amides is 1. The van der Waals surface area contributed by atoms with E-state index in [0.29, 0.717) is 29.7 Å². The molecule has 17 heteroatoms.